The highest BCUT2D eigenvalue weighted by Gasteiger charge is 2.25. The number of amides is 1. The van der Waals surface area contributed by atoms with Crippen molar-refractivity contribution in [1.29, 1.82) is 0 Å². The molecule has 1 fully saturated rings. The van der Waals surface area contributed by atoms with E-state index in [2.05, 4.69) is 15.6 Å². The number of anilines is 4. The molecule has 1 aliphatic rings. The van der Waals surface area contributed by atoms with E-state index in [1.165, 1.54) is 22.7 Å². The molecule has 3 heterocycles. The molecule has 0 saturated carbocycles. The van der Waals surface area contributed by atoms with E-state index in [4.69, 9.17) is 10.7 Å². The zero-order chi connectivity index (χ0) is 29.1. The monoisotopic (exact) mass is 616 g/mol. The zero-order valence-electron chi connectivity index (χ0n) is 22.5. The highest BCUT2D eigenvalue weighted by molar-refractivity contribution is 7.89. The van der Waals surface area contributed by atoms with Crippen LogP contribution in [-0.2, 0) is 10.0 Å². The molecular weight excluding hydrogens is 589 g/mol. The third kappa shape index (κ3) is 6.07. The largest absolute Gasteiger partial charge is 0.382 e. The maximum atomic E-state index is 12.9. The van der Waals surface area contributed by atoms with Gasteiger partial charge in [0.25, 0.3) is 5.91 Å². The van der Waals surface area contributed by atoms with Crippen LogP contribution in [0.5, 0.6) is 0 Å². The van der Waals surface area contributed by atoms with Crippen LogP contribution in [0.3, 0.4) is 0 Å². The van der Waals surface area contributed by atoms with Crippen LogP contribution < -0.4 is 16.4 Å². The lowest BCUT2D eigenvalue weighted by Gasteiger charge is -2.25. The number of aromatic nitrogens is 2. The number of nitrogen functional groups attached to an aromatic ring is 1. The standard InChI is InChI=1S/C30H28N6O3S3/c31-27-26(41-30(35-27)33-22-12-14-24(15-13-22)42(38,39)36-16-5-2-6-17-36)29-34-25(19-40-29)21-10-7-11-23(18-21)32-28(37)20-8-3-1-4-9-20/h1,3-4,7-15,18-19H,2,5-6,16-17,31H2,(H,32,37)(H,33,35). The Kier molecular flexibility index (Phi) is 8.02. The van der Waals surface area contributed by atoms with Gasteiger partial charge in [-0.25, -0.2) is 18.4 Å². The van der Waals surface area contributed by atoms with E-state index in [1.54, 1.807) is 40.7 Å². The van der Waals surface area contributed by atoms with Crippen LogP contribution in [0.4, 0.5) is 22.3 Å². The fraction of sp³-hybridized carbons (Fsp3) is 0.167. The molecule has 1 amide bonds. The predicted octanol–water partition coefficient (Wildman–Crippen LogP) is 6.69. The molecule has 12 heteroatoms. The van der Waals surface area contributed by atoms with Gasteiger partial charge >= 0.3 is 0 Å². The van der Waals surface area contributed by atoms with Gasteiger partial charge in [-0.05, 0) is 61.4 Å². The van der Waals surface area contributed by atoms with Crippen molar-refractivity contribution in [3.63, 3.8) is 0 Å². The second-order valence-corrected chi connectivity index (χ2v) is 13.6. The summed E-state index contributed by atoms with van der Waals surface area (Å²) in [5.74, 6) is 0.180. The summed E-state index contributed by atoms with van der Waals surface area (Å²) in [7, 11) is -3.49. The molecule has 6 rings (SSSR count). The Bertz CT molecular complexity index is 1810. The van der Waals surface area contributed by atoms with E-state index in [0.717, 1.165) is 40.4 Å². The Labute approximate surface area is 252 Å². The zero-order valence-corrected chi connectivity index (χ0v) is 24.9. The minimum Gasteiger partial charge on any atom is -0.382 e. The van der Waals surface area contributed by atoms with Crippen LogP contribution >= 0.6 is 22.7 Å². The molecule has 4 N–H and O–H groups in total. The molecule has 0 spiro atoms. The molecule has 1 aliphatic heterocycles. The summed E-state index contributed by atoms with van der Waals surface area (Å²) in [4.78, 5) is 22.8. The van der Waals surface area contributed by atoms with Gasteiger partial charge in [0.15, 0.2) is 5.13 Å². The second kappa shape index (κ2) is 12.0. The number of nitrogens with two attached hydrogens (primary N) is 1. The quantitative estimate of drug-likeness (QED) is 0.177. The minimum atomic E-state index is -3.49. The van der Waals surface area contributed by atoms with Gasteiger partial charge in [0.1, 0.15) is 15.7 Å². The van der Waals surface area contributed by atoms with Crippen molar-refractivity contribution in [2.24, 2.45) is 0 Å². The van der Waals surface area contributed by atoms with Crippen LogP contribution in [0.1, 0.15) is 29.6 Å². The molecule has 0 unspecified atom stereocenters. The number of thiazole rings is 2. The maximum absolute atomic E-state index is 12.9. The molecule has 1 saturated heterocycles. The van der Waals surface area contributed by atoms with Gasteiger partial charge in [-0.1, -0.05) is 48.1 Å². The molecule has 3 aromatic carbocycles. The topological polar surface area (TPSA) is 130 Å². The third-order valence-electron chi connectivity index (χ3n) is 6.86. The number of nitrogens with one attached hydrogen (secondary N) is 2. The fourth-order valence-electron chi connectivity index (χ4n) is 4.69. The smallest absolute Gasteiger partial charge is 0.255 e. The van der Waals surface area contributed by atoms with Crippen molar-refractivity contribution < 1.29 is 13.2 Å². The average Bonchev–Trinajstić information content (AvgIpc) is 3.65. The molecule has 0 radical (unpaired) electrons. The Balaban J connectivity index is 1.15. The molecule has 42 heavy (non-hydrogen) atoms. The van der Waals surface area contributed by atoms with Gasteiger partial charge < -0.3 is 16.4 Å². The van der Waals surface area contributed by atoms with Gasteiger partial charge in [-0.2, -0.15) is 4.31 Å². The Hall–Kier alpha value is -4.10. The molecule has 0 bridgehead atoms. The summed E-state index contributed by atoms with van der Waals surface area (Å²) in [6.45, 7) is 1.14. The van der Waals surface area contributed by atoms with Crippen LogP contribution in [0.2, 0.25) is 0 Å². The lowest BCUT2D eigenvalue weighted by molar-refractivity contribution is 0.102. The lowest BCUT2D eigenvalue weighted by atomic mass is 10.1. The van der Waals surface area contributed by atoms with Crippen molar-refractivity contribution in [3.8, 4) is 21.1 Å². The summed E-state index contributed by atoms with van der Waals surface area (Å²) in [5, 5.41) is 9.42. The number of piperidine rings is 1. The third-order valence-corrected chi connectivity index (χ3v) is 10.8. The van der Waals surface area contributed by atoms with Gasteiger partial charge in [-0.15, -0.1) is 11.3 Å². The molecule has 5 aromatic rings. The van der Waals surface area contributed by atoms with E-state index in [1.807, 2.05) is 47.8 Å². The van der Waals surface area contributed by atoms with Crippen molar-refractivity contribution in [2.75, 3.05) is 29.5 Å². The second-order valence-electron chi connectivity index (χ2n) is 9.79. The molecule has 214 valence electrons. The summed E-state index contributed by atoms with van der Waals surface area (Å²) in [6.07, 6.45) is 2.86. The maximum Gasteiger partial charge on any atom is 0.255 e. The van der Waals surface area contributed by atoms with Crippen molar-refractivity contribution >= 4 is 60.9 Å². The molecule has 0 atom stereocenters. The predicted molar refractivity (Wildman–Crippen MR) is 170 cm³/mol. The average molecular weight is 617 g/mol. The summed E-state index contributed by atoms with van der Waals surface area (Å²) in [6, 6.07) is 23.3. The number of sulfonamides is 1. The lowest BCUT2D eigenvalue weighted by Crippen LogP contribution is -2.35. The fourth-order valence-corrected chi connectivity index (χ4v) is 8.04. The number of carbonyl (C=O) groups is 1. The summed E-state index contributed by atoms with van der Waals surface area (Å²) >= 11 is 2.83. The Morgan fingerprint density at radius 1 is 0.881 bits per heavy atom. The van der Waals surface area contributed by atoms with Gasteiger partial charge in [0.2, 0.25) is 10.0 Å². The summed E-state index contributed by atoms with van der Waals surface area (Å²) < 4.78 is 27.5. The Morgan fingerprint density at radius 2 is 1.64 bits per heavy atom. The van der Waals surface area contributed by atoms with E-state index < -0.39 is 10.0 Å². The first kappa shape index (κ1) is 28.0. The highest BCUT2D eigenvalue weighted by atomic mass is 32.2. The molecule has 9 nitrogen and oxygen atoms in total. The van der Waals surface area contributed by atoms with E-state index in [9.17, 15) is 13.2 Å². The van der Waals surface area contributed by atoms with Crippen molar-refractivity contribution in [1.82, 2.24) is 14.3 Å². The first-order valence-corrected chi connectivity index (χ1v) is 16.6. The van der Waals surface area contributed by atoms with Gasteiger partial charge in [-0.3, -0.25) is 4.79 Å². The Morgan fingerprint density at radius 3 is 2.40 bits per heavy atom. The number of carbonyl (C=O) groups excluding carboxylic acids is 1. The van der Waals surface area contributed by atoms with Crippen LogP contribution in [0, 0.1) is 0 Å². The van der Waals surface area contributed by atoms with Crippen LogP contribution in [-0.4, -0.2) is 41.7 Å². The van der Waals surface area contributed by atoms with Gasteiger partial charge in [0, 0.05) is 41.0 Å². The van der Waals surface area contributed by atoms with Crippen molar-refractivity contribution in [2.45, 2.75) is 24.2 Å². The van der Waals surface area contributed by atoms with Crippen molar-refractivity contribution in [3.05, 3.63) is 89.8 Å². The number of nitrogens with zero attached hydrogens (tertiary/aromatic N) is 3. The van der Waals surface area contributed by atoms with Gasteiger partial charge in [0.05, 0.1) is 10.6 Å². The highest BCUT2D eigenvalue weighted by Crippen LogP contribution is 2.39. The van der Waals surface area contributed by atoms with E-state index in [0.29, 0.717) is 41.0 Å². The summed E-state index contributed by atoms with van der Waals surface area (Å²) in [5.41, 5.74) is 9.87. The number of benzene rings is 3. The SMILES string of the molecule is Nc1nc(Nc2ccc(S(=O)(=O)N3CCCCC3)cc2)sc1-c1nc(-c2cccc(NC(=O)c3ccccc3)c2)cs1. The van der Waals surface area contributed by atoms with E-state index >= 15 is 0 Å². The molecule has 0 aliphatic carbocycles. The molecule has 2 aromatic heterocycles. The number of hydrogen-bond acceptors (Lipinski definition) is 9. The normalized spacial score (nSPS) is 14.0. The number of rotatable bonds is 8. The minimum absolute atomic E-state index is 0.178. The number of hydrogen-bond donors (Lipinski definition) is 3. The van der Waals surface area contributed by atoms with E-state index in [-0.39, 0.29) is 10.8 Å². The first-order chi connectivity index (χ1) is 20.4. The van der Waals surface area contributed by atoms with Crippen LogP contribution in [0.15, 0.2) is 89.1 Å². The molecular formula is C30H28N6O3S3. The van der Waals surface area contributed by atoms with Crippen LogP contribution in [0.25, 0.3) is 21.1 Å². The first-order valence-electron chi connectivity index (χ1n) is 13.4.